The van der Waals surface area contributed by atoms with Gasteiger partial charge in [-0.15, -0.1) is 0 Å². The van der Waals surface area contributed by atoms with Crippen LogP contribution in [0, 0.1) is 32.4 Å². The predicted molar refractivity (Wildman–Crippen MR) is 82.5 cm³/mol. The smallest absolute Gasteiger partial charge is 0.133 e. The monoisotopic (exact) mass is 289 g/mol. The molecule has 112 valence electrons. The molecule has 2 aromatic rings. The summed E-state index contributed by atoms with van der Waals surface area (Å²) in [6.45, 7) is 5.71. The molecule has 0 aliphatic carbocycles. The number of halogens is 2. The molecule has 0 saturated carbocycles. The van der Waals surface area contributed by atoms with Crippen LogP contribution >= 0.6 is 0 Å². The minimum atomic E-state index is -0.498. The zero-order chi connectivity index (χ0) is 15.6. The second kappa shape index (κ2) is 6.35. The van der Waals surface area contributed by atoms with Crippen molar-refractivity contribution in [1.29, 1.82) is 0 Å². The minimum absolute atomic E-state index is 0.122. The summed E-state index contributed by atoms with van der Waals surface area (Å²) < 4.78 is 28.3. The van der Waals surface area contributed by atoms with E-state index in [0.29, 0.717) is 12.0 Å². The molecule has 0 aromatic heterocycles. The van der Waals surface area contributed by atoms with E-state index in [1.807, 2.05) is 13.8 Å². The van der Waals surface area contributed by atoms with E-state index >= 15 is 0 Å². The summed E-state index contributed by atoms with van der Waals surface area (Å²) in [4.78, 5) is 0. The van der Waals surface area contributed by atoms with Gasteiger partial charge in [-0.3, -0.25) is 0 Å². The van der Waals surface area contributed by atoms with E-state index in [-0.39, 0.29) is 11.6 Å². The highest BCUT2D eigenvalue weighted by molar-refractivity contribution is 5.33. The van der Waals surface area contributed by atoms with E-state index < -0.39 is 11.6 Å². The zero-order valence-corrected chi connectivity index (χ0v) is 12.9. The number of rotatable bonds is 4. The average molecular weight is 289 g/mol. The summed E-state index contributed by atoms with van der Waals surface area (Å²) in [5.74, 6) is -0.958. The molecule has 0 aliphatic rings. The summed E-state index contributed by atoms with van der Waals surface area (Å²) in [6.07, 6.45) is 0.552. The van der Waals surface area contributed by atoms with Gasteiger partial charge in [0.1, 0.15) is 11.6 Å². The Morgan fingerprint density at radius 1 is 1.00 bits per heavy atom. The molecule has 0 saturated heterocycles. The van der Waals surface area contributed by atoms with Crippen LogP contribution in [0.15, 0.2) is 30.3 Å². The number of nitrogens with one attached hydrogen (secondary N) is 1. The van der Waals surface area contributed by atoms with Gasteiger partial charge in [-0.05, 0) is 51.4 Å². The van der Waals surface area contributed by atoms with Crippen molar-refractivity contribution in [3.63, 3.8) is 0 Å². The van der Waals surface area contributed by atoms with Crippen LogP contribution in [0.2, 0.25) is 0 Å². The van der Waals surface area contributed by atoms with Crippen LogP contribution in [0.4, 0.5) is 8.78 Å². The lowest BCUT2D eigenvalue weighted by Gasteiger charge is -2.19. The molecule has 2 rings (SSSR count). The van der Waals surface area contributed by atoms with Gasteiger partial charge in [-0.2, -0.15) is 0 Å². The molecule has 0 amide bonds. The quantitative estimate of drug-likeness (QED) is 0.880. The largest absolute Gasteiger partial charge is 0.313 e. The van der Waals surface area contributed by atoms with Crippen LogP contribution in [0.5, 0.6) is 0 Å². The Balaban J connectivity index is 2.39. The lowest BCUT2D eigenvalue weighted by atomic mass is 9.95. The zero-order valence-electron chi connectivity index (χ0n) is 12.9. The molecule has 3 heteroatoms. The summed E-state index contributed by atoms with van der Waals surface area (Å²) in [5.41, 5.74) is 3.98. The Kier molecular flexibility index (Phi) is 4.73. The van der Waals surface area contributed by atoms with Crippen molar-refractivity contribution in [2.24, 2.45) is 0 Å². The molecule has 0 heterocycles. The standard InChI is InChI=1S/C18H21F2N/c1-11-7-12(2)9-14(8-11)10-16(21-4)17-15(19)6-5-13(3)18(17)20/h5-9,16,21H,10H2,1-4H3. The van der Waals surface area contributed by atoms with E-state index in [4.69, 9.17) is 0 Å². The Hall–Kier alpha value is -1.74. The van der Waals surface area contributed by atoms with Crippen molar-refractivity contribution >= 4 is 0 Å². The fraction of sp³-hybridized carbons (Fsp3) is 0.333. The van der Waals surface area contributed by atoms with E-state index in [2.05, 4.69) is 23.5 Å². The predicted octanol–water partition coefficient (Wildman–Crippen LogP) is 4.39. The Bertz CT molecular complexity index is 630. The maximum atomic E-state index is 14.3. The van der Waals surface area contributed by atoms with Crippen LogP contribution in [0.25, 0.3) is 0 Å². The van der Waals surface area contributed by atoms with E-state index in [9.17, 15) is 8.78 Å². The maximum Gasteiger partial charge on any atom is 0.133 e. The SMILES string of the molecule is CNC(Cc1cc(C)cc(C)c1)c1c(F)ccc(C)c1F. The topological polar surface area (TPSA) is 12.0 Å². The summed E-state index contributed by atoms with van der Waals surface area (Å²) in [6, 6.07) is 8.63. The molecule has 0 spiro atoms. The third kappa shape index (κ3) is 3.48. The molecule has 0 bridgehead atoms. The van der Waals surface area contributed by atoms with Gasteiger partial charge >= 0.3 is 0 Å². The molecule has 1 nitrogen and oxygen atoms in total. The first-order chi connectivity index (χ1) is 9.92. The third-order valence-corrected chi connectivity index (χ3v) is 3.74. The van der Waals surface area contributed by atoms with Crippen LogP contribution in [-0.2, 0) is 6.42 Å². The van der Waals surface area contributed by atoms with Gasteiger partial charge in [0.15, 0.2) is 0 Å². The highest BCUT2D eigenvalue weighted by atomic mass is 19.1. The third-order valence-electron chi connectivity index (χ3n) is 3.74. The molecule has 21 heavy (non-hydrogen) atoms. The number of likely N-dealkylation sites (N-methyl/N-ethyl adjacent to an activating group) is 1. The molecule has 1 N–H and O–H groups in total. The molecule has 1 unspecified atom stereocenters. The fourth-order valence-electron chi connectivity index (χ4n) is 2.77. The van der Waals surface area contributed by atoms with Crippen LogP contribution in [-0.4, -0.2) is 7.05 Å². The average Bonchev–Trinajstić information content (AvgIpc) is 2.41. The van der Waals surface area contributed by atoms with E-state index in [1.54, 1.807) is 14.0 Å². The maximum absolute atomic E-state index is 14.3. The van der Waals surface area contributed by atoms with Crippen molar-refractivity contribution in [2.45, 2.75) is 33.2 Å². The Morgan fingerprint density at radius 3 is 2.19 bits per heavy atom. The van der Waals surface area contributed by atoms with E-state index in [0.717, 1.165) is 16.7 Å². The van der Waals surface area contributed by atoms with Crippen molar-refractivity contribution < 1.29 is 8.78 Å². The van der Waals surface area contributed by atoms with Gasteiger partial charge in [0.2, 0.25) is 0 Å². The lowest BCUT2D eigenvalue weighted by molar-refractivity contribution is 0.486. The van der Waals surface area contributed by atoms with Crippen LogP contribution < -0.4 is 5.32 Å². The highest BCUT2D eigenvalue weighted by Gasteiger charge is 2.20. The van der Waals surface area contributed by atoms with Crippen molar-refractivity contribution in [1.82, 2.24) is 5.32 Å². The van der Waals surface area contributed by atoms with Crippen LogP contribution in [0.1, 0.15) is 33.9 Å². The lowest BCUT2D eigenvalue weighted by Crippen LogP contribution is -2.22. The number of hydrogen-bond acceptors (Lipinski definition) is 1. The second-order valence-electron chi connectivity index (χ2n) is 5.63. The highest BCUT2D eigenvalue weighted by Crippen LogP contribution is 2.26. The summed E-state index contributed by atoms with van der Waals surface area (Å²) in [7, 11) is 1.73. The molecular formula is C18H21F2N. The van der Waals surface area contributed by atoms with Crippen molar-refractivity contribution in [3.05, 3.63) is 69.8 Å². The first-order valence-electron chi connectivity index (χ1n) is 7.11. The van der Waals surface area contributed by atoms with Gasteiger partial charge in [-0.25, -0.2) is 8.78 Å². The minimum Gasteiger partial charge on any atom is -0.313 e. The second-order valence-corrected chi connectivity index (χ2v) is 5.63. The summed E-state index contributed by atoms with van der Waals surface area (Å²) >= 11 is 0. The Morgan fingerprint density at radius 2 is 1.62 bits per heavy atom. The normalized spacial score (nSPS) is 12.5. The molecule has 0 radical (unpaired) electrons. The number of benzene rings is 2. The first-order valence-corrected chi connectivity index (χ1v) is 7.11. The van der Waals surface area contributed by atoms with Gasteiger partial charge in [0.05, 0.1) is 0 Å². The molecular weight excluding hydrogens is 268 g/mol. The van der Waals surface area contributed by atoms with Gasteiger partial charge in [0.25, 0.3) is 0 Å². The Labute approximate surface area is 125 Å². The number of aryl methyl sites for hydroxylation is 3. The fourth-order valence-corrected chi connectivity index (χ4v) is 2.77. The molecule has 1 atom stereocenters. The van der Waals surface area contributed by atoms with Gasteiger partial charge in [0, 0.05) is 11.6 Å². The van der Waals surface area contributed by atoms with Crippen molar-refractivity contribution in [3.8, 4) is 0 Å². The molecule has 0 aliphatic heterocycles. The van der Waals surface area contributed by atoms with Crippen LogP contribution in [0.3, 0.4) is 0 Å². The molecule has 2 aromatic carbocycles. The number of hydrogen-bond donors (Lipinski definition) is 1. The van der Waals surface area contributed by atoms with Gasteiger partial charge < -0.3 is 5.32 Å². The van der Waals surface area contributed by atoms with E-state index in [1.165, 1.54) is 12.1 Å². The van der Waals surface area contributed by atoms with Gasteiger partial charge in [-0.1, -0.05) is 35.4 Å². The molecule has 0 fully saturated rings. The summed E-state index contributed by atoms with van der Waals surface area (Å²) in [5, 5.41) is 3.03. The van der Waals surface area contributed by atoms with Crippen molar-refractivity contribution in [2.75, 3.05) is 7.05 Å². The first kappa shape index (κ1) is 15.6.